The van der Waals surface area contributed by atoms with E-state index in [1.165, 1.54) is 0 Å². The molecule has 1 aromatic carbocycles. The van der Waals surface area contributed by atoms with E-state index in [9.17, 15) is 9.59 Å². The molecule has 0 bridgehead atoms. The highest BCUT2D eigenvalue weighted by Crippen LogP contribution is 2.22. The van der Waals surface area contributed by atoms with Crippen LogP contribution in [0.25, 0.3) is 17.0 Å². The third-order valence-corrected chi connectivity index (χ3v) is 4.93. The molecule has 0 saturated carbocycles. The molecule has 4 N–H and O–H groups in total. The maximum Gasteiger partial charge on any atom is 0.245 e. The van der Waals surface area contributed by atoms with Gasteiger partial charge in [-0.05, 0) is 35.2 Å². The molecule has 0 aliphatic carbocycles. The number of para-hydroxylation sites is 1. The van der Waals surface area contributed by atoms with Crippen molar-refractivity contribution >= 4 is 34.6 Å². The summed E-state index contributed by atoms with van der Waals surface area (Å²) >= 11 is 0. The first-order valence-electron chi connectivity index (χ1n) is 9.04. The monoisotopic (exact) mass is 375 g/mol. The lowest BCUT2D eigenvalue weighted by Crippen LogP contribution is -2.23. The Morgan fingerprint density at radius 2 is 2.11 bits per heavy atom. The fourth-order valence-electron chi connectivity index (χ4n) is 3.46. The summed E-state index contributed by atoms with van der Waals surface area (Å²) in [5, 5.41) is 6.93. The van der Waals surface area contributed by atoms with Crippen molar-refractivity contribution in [2.24, 2.45) is 12.8 Å². The lowest BCUT2D eigenvalue weighted by Gasteiger charge is -2.09. The normalized spacial score (nSPS) is 14.5. The third kappa shape index (κ3) is 3.52. The average Bonchev–Trinajstić information content (AvgIpc) is 2.86. The lowest BCUT2D eigenvalue weighted by molar-refractivity contribution is -0.115. The van der Waals surface area contributed by atoms with Crippen LogP contribution >= 0.6 is 0 Å². The van der Waals surface area contributed by atoms with Crippen molar-refractivity contribution in [1.29, 1.82) is 0 Å². The number of benzene rings is 1. The molecular formula is C21H21N5O2. The predicted molar refractivity (Wildman–Crippen MR) is 108 cm³/mol. The fourth-order valence-corrected chi connectivity index (χ4v) is 3.46. The van der Waals surface area contributed by atoms with Crippen LogP contribution in [-0.2, 0) is 29.6 Å². The first-order chi connectivity index (χ1) is 13.5. The first-order valence-corrected chi connectivity index (χ1v) is 9.04. The highest BCUT2D eigenvalue weighted by Gasteiger charge is 2.15. The van der Waals surface area contributed by atoms with E-state index < -0.39 is 5.91 Å². The zero-order valence-corrected chi connectivity index (χ0v) is 15.5. The van der Waals surface area contributed by atoms with Crippen LogP contribution in [0.4, 0.5) is 5.82 Å². The molecule has 7 nitrogen and oxygen atoms in total. The number of pyridine rings is 1. The number of nitrogens with two attached hydrogens (primary N) is 1. The number of carbonyl (C=O) groups excluding carboxylic acids is 2. The molecule has 0 unspecified atom stereocenters. The third-order valence-electron chi connectivity index (χ3n) is 4.93. The summed E-state index contributed by atoms with van der Waals surface area (Å²) in [5.41, 5.74) is 9.90. The first kappa shape index (κ1) is 17.9. The Morgan fingerprint density at radius 1 is 1.29 bits per heavy atom. The summed E-state index contributed by atoms with van der Waals surface area (Å²) < 4.78 is 2.07. The van der Waals surface area contributed by atoms with Crippen LogP contribution in [-0.4, -0.2) is 27.9 Å². The number of hydrogen-bond donors (Lipinski definition) is 3. The Labute approximate surface area is 162 Å². The van der Waals surface area contributed by atoms with Gasteiger partial charge in [0.1, 0.15) is 5.82 Å². The van der Waals surface area contributed by atoms with E-state index in [-0.39, 0.29) is 12.5 Å². The number of aromatic nitrogens is 2. The average molecular weight is 375 g/mol. The van der Waals surface area contributed by atoms with E-state index in [1.54, 1.807) is 12.3 Å². The molecule has 2 amide bonds. The standard InChI is InChI=1S/C21H21N5O2/c1-26-17(8-14-4-2-3-5-18(14)26)9-15(20(22)28)6-13-7-16-11-23-12-19(27)25-21(16)24-10-13/h2-8,10,23H,9,11-12H2,1H3,(H2,22,28)(H,24,25,27)/b15-6-. The largest absolute Gasteiger partial charge is 0.366 e. The maximum atomic E-state index is 12.1. The summed E-state index contributed by atoms with van der Waals surface area (Å²) in [4.78, 5) is 28.0. The van der Waals surface area contributed by atoms with Gasteiger partial charge in [0.15, 0.2) is 0 Å². The molecule has 0 fully saturated rings. The molecule has 1 aliphatic heterocycles. The molecular weight excluding hydrogens is 354 g/mol. The van der Waals surface area contributed by atoms with Gasteiger partial charge >= 0.3 is 0 Å². The van der Waals surface area contributed by atoms with Gasteiger partial charge in [-0.2, -0.15) is 0 Å². The van der Waals surface area contributed by atoms with Crippen LogP contribution < -0.4 is 16.4 Å². The van der Waals surface area contributed by atoms with Crippen LogP contribution in [0.5, 0.6) is 0 Å². The molecule has 3 heterocycles. The van der Waals surface area contributed by atoms with Crippen LogP contribution in [0.2, 0.25) is 0 Å². The van der Waals surface area contributed by atoms with Gasteiger partial charge < -0.3 is 20.9 Å². The number of aryl methyl sites for hydroxylation is 1. The minimum Gasteiger partial charge on any atom is -0.366 e. The highest BCUT2D eigenvalue weighted by molar-refractivity contribution is 5.97. The number of amides is 2. The Kier molecular flexibility index (Phi) is 4.67. The van der Waals surface area contributed by atoms with Gasteiger partial charge in [0.25, 0.3) is 0 Å². The molecule has 1 aliphatic rings. The number of rotatable bonds is 4. The fraction of sp³-hybridized carbons (Fsp3) is 0.190. The smallest absolute Gasteiger partial charge is 0.245 e. The van der Waals surface area contributed by atoms with Crippen molar-refractivity contribution in [2.75, 3.05) is 11.9 Å². The van der Waals surface area contributed by atoms with E-state index in [1.807, 2.05) is 37.4 Å². The van der Waals surface area contributed by atoms with Crippen LogP contribution in [0.15, 0.2) is 48.2 Å². The van der Waals surface area contributed by atoms with Crippen molar-refractivity contribution in [3.05, 3.63) is 65.0 Å². The number of hydrogen-bond acceptors (Lipinski definition) is 4. The summed E-state index contributed by atoms with van der Waals surface area (Å²) in [7, 11) is 1.98. The zero-order valence-electron chi connectivity index (χ0n) is 15.5. The Balaban J connectivity index is 1.67. The van der Waals surface area contributed by atoms with Gasteiger partial charge in [0, 0.05) is 48.6 Å². The minimum absolute atomic E-state index is 0.122. The second kappa shape index (κ2) is 7.28. The van der Waals surface area contributed by atoms with Crippen molar-refractivity contribution < 1.29 is 9.59 Å². The van der Waals surface area contributed by atoms with Gasteiger partial charge in [0.2, 0.25) is 11.8 Å². The van der Waals surface area contributed by atoms with Crippen molar-refractivity contribution in [3.8, 4) is 0 Å². The van der Waals surface area contributed by atoms with E-state index in [2.05, 4.69) is 26.3 Å². The van der Waals surface area contributed by atoms with Crippen molar-refractivity contribution in [1.82, 2.24) is 14.9 Å². The molecule has 0 saturated heterocycles. The van der Waals surface area contributed by atoms with Gasteiger partial charge in [0.05, 0.1) is 6.54 Å². The molecule has 7 heteroatoms. The maximum absolute atomic E-state index is 12.1. The second-order valence-corrected chi connectivity index (χ2v) is 6.89. The SMILES string of the molecule is Cn1c(C/C(=C/c2cnc3c(c2)CNCC(=O)N3)C(N)=O)cc2ccccc21. The van der Waals surface area contributed by atoms with Gasteiger partial charge in [-0.3, -0.25) is 9.59 Å². The molecule has 142 valence electrons. The number of nitrogens with one attached hydrogen (secondary N) is 2. The Hall–Kier alpha value is -3.45. The predicted octanol–water partition coefficient (Wildman–Crippen LogP) is 1.73. The zero-order chi connectivity index (χ0) is 19.7. The highest BCUT2D eigenvalue weighted by atomic mass is 16.2. The van der Waals surface area contributed by atoms with E-state index in [0.717, 1.165) is 27.7 Å². The van der Waals surface area contributed by atoms with Gasteiger partial charge in [-0.15, -0.1) is 0 Å². The molecule has 0 atom stereocenters. The molecule has 2 aromatic heterocycles. The van der Waals surface area contributed by atoms with E-state index in [4.69, 9.17) is 5.73 Å². The number of fused-ring (bicyclic) bond motifs is 2. The van der Waals surface area contributed by atoms with Gasteiger partial charge in [-0.25, -0.2) is 4.98 Å². The number of carbonyl (C=O) groups is 2. The summed E-state index contributed by atoms with van der Waals surface area (Å²) in [6, 6.07) is 12.1. The number of anilines is 1. The van der Waals surface area contributed by atoms with Gasteiger partial charge in [-0.1, -0.05) is 18.2 Å². The summed E-state index contributed by atoms with van der Waals surface area (Å²) in [6.45, 7) is 0.771. The molecule has 3 aromatic rings. The van der Waals surface area contributed by atoms with Crippen LogP contribution in [0.3, 0.4) is 0 Å². The molecule has 4 rings (SSSR count). The lowest BCUT2D eigenvalue weighted by atomic mass is 10.0. The van der Waals surface area contributed by atoms with Crippen molar-refractivity contribution in [3.63, 3.8) is 0 Å². The topological polar surface area (TPSA) is 102 Å². The quantitative estimate of drug-likeness (QED) is 0.604. The van der Waals surface area contributed by atoms with E-state index >= 15 is 0 Å². The van der Waals surface area contributed by atoms with Crippen LogP contribution in [0, 0.1) is 0 Å². The molecule has 28 heavy (non-hydrogen) atoms. The van der Waals surface area contributed by atoms with Crippen molar-refractivity contribution in [2.45, 2.75) is 13.0 Å². The second-order valence-electron chi connectivity index (χ2n) is 6.89. The molecule has 0 spiro atoms. The number of primary amides is 1. The summed E-state index contributed by atoms with van der Waals surface area (Å²) in [5.74, 6) is -0.0452. The minimum atomic E-state index is -0.466. The number of nitrogens with zero attached hydrogens (tertiary/aromatic N) is 2. The summed E-state index contributed by atoms with van der Waals surface area (Å²) in [6.07, 6.45) is 3.82. The Bertz CT molecular complexity index is 1110. The Morgan fingerprint density at radius 3 is 2.89 bits per heavy atom. The van der Waals surface area contributed by atoms with E-state index in [0.29, 0.717) is 24.4 Å². The molecule has 0 radical (unpaired) electrons. The van der Waals surface area contributed by atoms with Crippen LogP contribution in [0.1, 0.15) is 16.8 Å².